The number of hydrogen-bond acceptors (Lipinski definition) is 5. The number of carbonyl (C=O) groups is 1. The Labute approximate surface area is 197 Å². The molecule has 1 heterocycles. The first-order valence-corrected chi connectivity index (χ1v) is 12.1. The molecule has 4 rings (SSSR count). The second-order valence-corrected chi connectivity index (χ2v) is 9.77. The summed E-state index contributed by atoms with van der Waals surface area (Å²) in [5.41, 5.74) is 1.70. The van der Waals surface area contributed by atoms with E-state index >= 15 is 0 Å². The van der Waals surface area contributed by atoms with Gasteiger partial charge >= 0.3 is 0 Å². The molecule has 1 aliphatic heterocycles. The van der Waals surface area contributed by atoms with Crippen LogP contribution in [0.1, 0.15) is 43.2 Å². The highest BCUT2D eigenvalue weighted by molar-refractivity contribution is 8.26. The van der Waals surface area contributed by atoms with E-state index < -0.39 is 0 Å². The van der Waals surface area contributed by atoms with Crippen molar-refractivity contribution in [1.82, 2.24) is 4.90 Å². The normalized spacial score (nSPS) is 18.1. The average Bonchev–Trinajstić information content (AvgIpc) is 3.40. The highest BCUT2D eigenvalue weighted by Crippen LogP contribution is 2.36. The number of thiocarbonyl (C=S) groups is 1. The van der Waals surface area contributed by atoms with Gasteiger partial charge in [0.2, 0.25) is 0 Å². The first-order chi connectivity index (χ1) is 15.5. The van der Waals surface area contributed by atoms with Crippen LogP contribution in [0.2, 0.25) is 0 Å². The summed E-state index contributed by atoms with van der Waals surface area (Å²) in [6.07, 6.45) is 8.00. The molecule has 1 saturated heterocycles. The van der Waals surface area contributed by atoms with Gasteiger partial charge in [-0.3, -0.25) is 9.69 Å². The lowest BCUT2D eigenvalue weighted by atomic mass is 10.0. The molecule has 168 valence electrons. The molecular weight excluding hydrogens is 445 g/mol. The summed E-state index contributed by atoms with van der Waals surface area (Å²) >= 11 is 6.82. The number of carbonyl (C=O) groups excluding carboxylic acids is 1. The third-order valence-corrected chi connectivity index (χ3v) is 7.28. The van der Waals surface area contributed by atoms with E-state index in [1.54, 1.807) is 24.1 Å². The monoisotopic (exact) mass is 471 g/mol. The maximum absolute atomic E-state index is 13.1. The molecule has 2 aromatic rings. The highest BCUT2D eigenvalue weighted by atomic mass is 32.2. The molecular formula is C25H26FNO3S2. The minimum atomic E-state index is -0.278. The minimum absolute atomic E-state index is 0.0198. The van der Waals surface area contributed by atoms with Crippen molar-refractivity contribution in [2.45, 2.75) is 38.7 Å². The highest BCUT2D eigenvalue weighted by Gasteiger charge is 2.32. The largest absolute Gasteiger partial charge is 0.493 e. The number of methoxy groups -OCH3 is 1. The molecule has 4 nitrogen and oxygen atoms in total. The van der Waals surface area contributed by atoms with Gasteiger partial charge in [-0.1, -0.05) is 67.9 Å². The van der Waals surface area contributed by atoms with Crippen LogP contribution in [0.5, 0.6) is 11.5 Å². The van der Waals surface area contributed by atoms with Crippen molar-refractivity contribution in [3.63, 3.8) is 0 Å². The molecule has 0 unspecified atom stereocenters. The van der Waals surface area contributed by atoms with E-state index in [2.05, 4.69) is 0 Å². The predicted molar refractivity (Wildman–Crippen MR) is 130 cm³/mol. The van der Waals surface area contributed by atoms with Crippen LogP contribution < -0.4 is 9.47 Å². The van der Waals surface area contributed by atoms with Gasteiger partial charge < -0.3 is 9.47 Å². The van der Waals surface area contributed by atoms with Gasteiger partial charge in [-0.2, -0.15) is 0 Å². The molecule has 2 aromatic carbocycles. The zero-order valence-corrected chi connectivity index (χ0v) is 19.6. The fourth-order valence-electron chi connectivity index (χ4n) is 4.09. The summed E-state index contributed by atoms with van der Waals surface area (Å²) in [4.78, 5) is 15.3. The van der Waals surface area contributed by atoms with Crippen molar-refractivity contribution in [2.24, 2.45) is 5.92 Å². The van der Waals surface area contributed by atoms with E-state index in [-0.39, 0.29) is 11.7 Å². The van der Waals surface area contributed by atoms with Gasteiger partial charge in [0, 0.05) is 6.54 Å². The standard InChI is InChI=1S/C25H26FNO3S2/c1-29-22-14-19(8-11-21(22)30-16-18-6-9-20(26)10-7-18)15-23-24(28)27(25(31)32-23)13-12-17-4-2-3-5-17/h6-11,14-15,17H,2-5,12-13,16H2,1H3/b23-15-. The van der Waals surface area contributed by atoms with Gasteiger partial charge in [0.15, 0.2) is 11.5 Å². The first kappa shape index (κ1) is 22.8. The van der Waals surface area contributed by atoms with Crippen LogP contribution in [-0.2, 0) is 11.4 Å². The fourth-order valence-corrected chi connectivity index (χ4v) is 5.40. The van der Waals surface area contributed by atoms with Gasteiger partial charge in [0.05, 0.1) is 12.0 Å². The number of nitrogens with zero attached hydrogens (tertiary/aromatic N) is 1. The summed E-state index contributed by atoms with van der Waals surface area (Å²) in [6, 6.07) is 11.7. The molecule has 2 aliphatic rings. The number of halogens is 1. The Balaban J connectivity index is 1.42. The van der Waals surface area contributed by atoms with Crippen LogP contribution in [0.15, 0.2) is 47.4 Å². The SMILES string of the molecule is COc1cc(/C=C2\SC(=S)N(CCC3CCCC3)C2=O)ccc1OCc1ccc(F)cc1. The molecule has 1 aliphatic carbocycles. The molecule has 0 atom stereocenters. The summed E-state index contributed by atoms with van der Waals surface area (Å²) in [6.45, 7) is 1.00. The molecule has 0 N–H and O–H groups in total. The maximum atomic E-state index is 13.1. The molecule has 1 saturated carbocycles. The van der Waals surface area contributed by atoms with Gasteiger partial charge in [-0.15, -0.1) is 0 Å². The van der Waals surface area contributed by atoms with Gasteiger partial charge in [0.1, 0.15) is 16.7 Å². The van der Waals surface area contributed by atoms with E-state index in [0.717, 1.165) is 23.5 Å². The maximum Gasteiger partial charge on any atom is 0.266 e. The van der Waals surface area contributed by atoms with Crippen LogP contribution in [-0.4, -0.2) is 28.8 Å². The number of amides is 1. The van der Waals surface area contributed by atoms with Crippen molar-refractivity contribution in [1.29, 1.82) is 0 Å². The number of benzene rings is 2. The Bertz CT molecular complexity index is 1020. The van der Waals surface area contributed by atoms with E-state index in [0.29, 0.717) is 33.9 Å². The Kier molecular flexibility index (Phi) is 7.48. The topological polar surface area (TPSA) is 38.8 Å². The molecule has 2 fully saturated rings. The Morgan fingerprint density at radius 1 is 1.16 bits per heavy atom. The van der Waals surface area contributed by atoms with Crippen molar-refractivity contribution in [2.75, 3.05) is 13.7 Å². The van der Waals surface area contributed by atoms with Crippen LogP contribution in [0.3, 0.4) is 0 Å². The molecule has 0 aromatic heterocycles. The minimum Gasteiger partial charge on any atom is -0.493 e. The van der Waals surface area contributed by atoms with Gasteiger partial charge in [-0.25, -0.2) is 4.39 Å². The van der Waals surface area contributed by atoms with Crippen LogP contribution in [0.4, 0.5) is 4.39 Å². The Hall–Kier alpha value is -2.38. The number of thioether (sulfide) groups is 1. The Morgan fingerprint density at radius 3 is 2.62 bits per heavy atom. The molecule has 0 spiro atoms. The lowest BCUT2D eigenvalue weighted by Crippen LogP contribution is -2.30. The van der Waals surface area contributed by atoms with Crippen LogP contribution >= 0.6 is 24.0 Å². The molecule has 32 heavy (non-hydrogen) atoms. The van der Waals surface area contributed by atoms with Crippen LogP contribution in [0.25, 0.3) is 6.08 Å². The first-order valence-electron chi connectivity index (χ1n) is 10.8. The summed E-state index contributed by atoms with van der Waals surface area (Å²) in [5, 5.41) is 0. The zero-order valence-electron chi connectivity index (χ0n) is 18.0. The third-order valence-electron chi connectivity index (χ3n) is 5.90. The number of hydrogen-bond donors (Lipinski definition) is 0. The molecule has 7 heteroatoms. The molecule has 0 bridgehead atoms. The number of rotatable bonds is 8. The summed E-state index contributed by atoms with van der Waals surface area (Å²) < 4.78 is 25.0. The van der Waals surface area contributed by atoms with Gasteiger partial charge in [0.25, 0.3) is 5.91 Å². The van der Waals surface area contributed by atoms with Crippen LogP contribution in [0, 0.1) is 11.7 Å². The lowest BCUT2D eigenvalue weighted by Gasteiger charge is -2.17. The van der Waals surface area contributed by atoms with Crippen molar-refractivity contribution in [3.05, 3.63) is 64.3 Å². The average molecular weight is 472 g/mol. The lowest BCUT2D eigenvalue weighted by molar-refractivity contribution is -0.122. The quantitative estimate of drug-likeness (QED) is 0.339. The van der Waals surface area contributed by atoms with E-state index in [4.69, 9.17) is 21.7 Å². The molecule has 1 amide bonds. The van der Waals surface area contributed by atoms with E-state index in [1.165, 1.54) is 49.6 Å². The van der Waals surface area contributed by atoms with E-state index in [9.17, 15) is 9.18 Å². The van der Waals surface area contributed by atoms with Crippen molar-refractivity contribution < 1.29 is 18.7 Å². The second-order valence-electron chi connectivity index (χ2n) is 8.10. The fraction of sp³-hybridized carbons (Fsp3) is 0.360. The summed E-state index contributed by atoms with van der Waals surface area (Å²) in [5.74, 6) is 1.57. The third kappa shape index (κ3) is 5.51. The molecule has 0 radical (unpaired) electrons. The smallest absolute Gasteiger partial charge is 0.266 e. The van der Waals surface area contributed by atoms with Crippen molar-refractivity contribution >= 4 is 40.3 Å². The number of ether oxygens (including phenoxy) is 2. The second kappa shape index (κ2) is 10.5. The zero-order chi connectivity index (χ0) is 22.5. The Morgan fingerprint density at radius 2 is 1.91 bits per heavy atom. The van der Waals surface area contributed by atoms with Crippen molar-refractivity contribution in [3.8, 4) is 11.5 Å². The van der Waals surface area contributed by atoms with E-state index in [1.807, 2.05) is 24.3 Å². The van der Waals surface area contributed by atoms with Gasteiger partial charge in [-0.05, 0) is 53.8 Å². The predicted octanol–water partition coefficient (Wildman–Crippen LogP) is 6.19. The summed E-state index contributed by atoms with van der Waals surface area (Å²) in [7, 11) is 1.58.